The molecule has 0 aromatic heterocycles. The van der Waals surface area contributed by atoms with Gasteiger partial charge in [-0.25, -0.2) is 0 Å². The van der Waals surface area contributed by atoms with E-state index in [4.69, 9.17) is 0 Å². The van der Waals surface area contributed by atoms with Crippen molar-refractivity contribution < 1.29 is 0 Å². The van der Waals surface area contributed by atoms with Gasteiger partial charge in [-0.3, -0.25) is 0 Å². The average Bonchev–Trinajstić information content (AvgIpc) is 2.51. The van der Waals surface area contributed by atoms with E-state index in [0.717, 1.165) is 25.7 Å². The zero-order valence-electron chi connectivity index (χ0n) is 17.6. The van der Waals surface area contributed by atoms with Crippen molar-refractivity contribution >= 4 is 13.0 Å². The van der Waals surface area contributed by atoms with E-state index in [-0.39, 0.29) is 0 Å². The molecule has 0 saturated heterocycles. The summed E-state index contributed by atoms with van der Waals surface area (Å²) in [4.78, 5) is 0. The van der Waals surface area contributed by atoms with Crippen molar-refractivity contribution in [3.05, 3.63) is 46.1 Å². The van der Waals surface area contributed by atoms with Crippen molar-refractivity contribution in [3.63, 3.8) is 0 Å². The number of hydrogen-bond acceptors (Lipinski definition) is 0. The molecular formula is C23H39B. The van der Waals surface area contributed by atoms with Crippen LogP contribution >= 0.6 is 0 Å². The monoisotopic (exact) mass is 326 g/mol. The van der Waals surface area contributed by atoms with Crippen LogP contribution in [0.15, 0.2) is 46.1 Å². The van der Waals surface area contributed by atoms with E-state index in [0.29, 0.717) is 5.92 Å². The van der Waals surface area contributed by atoms with Gasteiger partial charge in [-0.15, -0.1) is 0 Å². The van der Waals surface area contributed by atoms with Gasteiger partial charge in [0.2, 0.25) is 0 Å². The fourth-order valence-electron chi connectivity index (χ4n) is 3.52. The average molecular weight is 326 g/mol. The van der Waals surface area contributed by atoms with Crippen LogP contribution in [-0.4, -0.2) is 13.0 Å². The Labute approximate surface area is 152 Å². The van der Waals surface area contributed by atoms with E-state index >= 15 is 0 Å². The van der Waals surface area contributed by atoms with Crippen LogP contribution in [0, 0.1) is 5.92 Å². The Morgan fingerprint density at radius 1 is 0.958 bits per heavy atom. The van der Waals surface area contributed by atoms with Crippen molar-refractivity contribution in [2.45, 2.75) is 87.5 Å². The molecule has 0 aliphatic rings. The van der Waals surface area contributed by atoms with E-state index in [9.17, 15) is 0 Å². The van der Waals surface area contributed by atoms with Crippen LogP contribution in [-0.2, 0) is 0 Å². The molecule has 24 heavy (non-hydrogen) atoms. The third-order valence-electron chi connectivity index (χ3n) is 4.94. The minimum atomic E-state index is 0.450. The molecule has 0 spiro atoms. The van der Waals surface area contributed by atoms with Gasteiger partial charge in [0.1, 0.15) is 0 Å². The minimum absolute atomic E-state index is 0.450. The van der Waals surface area contributed by atoms with Gasteiger partial charge in [0.25, 0.3) is 0 Å². The summed E-state index contributed by atoms with van der Waals surface area (Å²) in [6, 6.07) is 0. The van der Waals surface area contributed by atoms with Crippen LogP contribution in [0.1, 0.15) is 87.5 Å². The van der Waals surface area contributed by atoms with E-state index < -0.39 is 0 Å². The molecule has 0 aromatic carbocycles. The van der Waals surface area contributed by atoms with Crippen LogP contribution in [0.4, 0.5) is 0 Å². The second kappa shape index (κ2) is 11.4. The van der Waals surface area contributed by atoms with Crippen molar-refractivity contribution in [3.8, 4) is 0 Å². The van der Waals surface area contributed by atoms with E-state index in [2.05, 4.69) is 69.5 Å². The predicted octanol–water partition coefficient (Wildman–Crippen LogP) is 6.86. The summed E-state index contributed by atoms with van der Waals surface area (Å²) in [7, 11) is 4.34. The molecule has 1 heteroatoms. The summed E-state index contributed by atoms with van der Waals surface area (Å²) < 4.78 is 0. The Bertz CT molecular complexity index is 532. The van der Waals surface area contributed by atoms with Crippen molar-refractivity contribution in [1.82, 2.24) is 0 Å². The molecule has 1 atom stereocenters. The van der Waals surface area contributed by atoms with E-state index in [1.54, 1.807) is 5.57 Å². The first kappa shape index (κ1) is 22.9. The van der Waals surface area contributed by atoms with Gasteiger partial charge in [-0.05, 0) is 0 Å². The van der Waals surface area contributed by atoms with Crippen LogP contribution in [0.5, 0.6) is 0 Å². The Kier molecular flexibility index (Phi) is 10.9. The molecule has 0 N–H and O–H groups in total. The molecule has 0 heterocycles. The first-order valence-electron chi connectivity index (χ1n) is 9.51. The van der Waals surface area contributed by atoms with Gasteiger partial charge in [0, 0.05) is 0 Å². The molecule has 0 aromatic rings. The third-order valence-corrected chi connectivity index (χ3v) is 4.94. The summed E-state index contributed by atoms with van der Waals surface area (Å²) >= 11 is 0. The van der Waals surface area contributed by atoms with Crippen molar-refractivity contribution in [2.24, 2.45) is 5.92 Å². The summed E-state index contributed by atoms with van der Waals surface area (Å²) in [5.74, 6) is 0.450. The molecule has 0 saturated carbocycles. The van der Waals surface area contributed by atoms with Gasteiger partial charge in [-0.1, -0.05) is 0 Å². The fraction of sp³-hybridized carbons (Fsp3) is 0.609. The van der Waals surface area contributed by atoms with Gasteiger partial charge >= 0.3 is 152 Å². The molecule has 0 amide bonds. The molecule has 0 fully saturated rings. The Morgan fingerprint density at radius 2 is 1.54 bits per heavy atom. The van der Waals surface area contributed by atoms with Gasteiger partial charge in [0.15, 0.2) is 0 Å². The first-order valence-corrected chi connectivity index (χ1v) is 9.51. The summed E-state index contributed by atoms with van der Waals surface area (Å²) in [5, 5.41) is 0. The Morgan fingerprint density at radius 3 is 1.88 bits per heavy atom. The van der Waals surface area contributed by atoms with E-state index in [1.165, 1.54) is 39.7 Å². The molecule has 134 valence electrons. The molecule has 1 unspecified atom stereocenters. The maximum absolute atomic E-state index is 4.34. The van der Waals surface area contributed by atoms with Crippen LogP contribution in [0.25, 0.3) is 0 Å². The zero-order chi connectivity index (χ0) is 18.9. The molecular weight excluding hydrogens is 287 g/mol. The number of rotatable bonds is 10. The summed E-state index contributed by atoms with van der Waals surface area (Å²) in [6.45, 7) is 21.9. The SMILES string of the molecule is B=C(C)C(CC/C(CC)=C(\C)C=C)C(=C(C)C)C(CCC)=C(C)C. The van der Waals surface area contributed by atoms with Gasteiger partial charge in [-0.2, -0.15) is 0 Å². The van der Waals surface area contributed by atoms with Crippen molar-refractivity contribution in [2.75, 3.05) is 0 Å². The topological polar surface area (TPSA) is 0 Å². The molecule has 0 nitrogen and oxygen atoms in total. The molecule has 0 bridgehead atoms. The van der Waals surface area contributed by atoms with Crippen molar-refractivity contribution in [1.29, 1.82) is 0 Å². The molecule has 0 radical (unpaired) electrons. The summed E-state index contributed by atoms with van der Waals surface area (Å²) in [6.07, 6.45) is 7.73. The van der Waals surface area contributed by atoms with Gasteiger partial charge < -0.3 is 0 Å². The quantitative estimate of drug-likeness (QED) is 0.304. The standard InChI is InChI=1S/C23H39B/c1-10-13-21(16(4)5)23(17(6)7)22(19(9)24)15-14-20(12-3)18(8)11-2/h11,22,24H,2,10,12-15H2,1,3-9H3/b20-18+. The molecule has 0 rings (SSSR count). The second-order valence-electron chi connectivity index (χ2n) is 7.42. The Balaban J connectivity index is 5.78. The number of allylic oxidation sites excluding steroid dienone is 7. The number of hydrogen-bond donors (Lipinski definition) is 0. The zero-order valence-corrected chi connectivity index (χ0v) is 17.6. The second-order valence-corrected chi connectivity index (χ2v) is 7.42. The normalized spacial score (nSPS) is 13.0. The Hall–Kier alpha value is -1.11. The third kappa shape index (κ3) is 6.79. The first-order chi connectivity index (χ1) is 11.2. The molecule has 0 aliphatic carbocycles. The maximum atomic E-state index is 4.34. The fourth-order valence-corrected chi connectivity index (χ4v) is 3.52. The molecule has 0 aliphatic heterocycles. The van der Waals surface area contributed by atoms with Gasteiger partial charge in [0.05, 0.1) is 0 Å². The van der Waals surface area contributed by atoms with E-state index in [1.807, 2.05) is 6.08 Å². The van der Waals surface area contributed by atoms with Crippen LogP contribution < -0.4 is 0 Å². The predicted molar refractivity (Wildman–Crippen MR) is 115 cm³/mol. The summed E-state index contributed by atoms with van der Waals surface area (Å²) in [5.41, 5.74) is 10.1. The van der Waals surface area contributed by atoms with Crippen LogP contribution in [0.3, 0.4) is 0 Å². The van der Waals surface area contributed by atoms with Crippen LogP contribution in [0.2, 0.25) is 0 Å².